The van der Waals surface area contributed by atoms with Gasteiger partial charge in [0.15, 0.2) is 5.79 Å². The van der Waals surface area contributed by atoms with E-state index in [4.69, 9.17) is 21.1 Å². The van der Waals surface area contributed by atoms with Crippen LogP contribution in [0.25, 0.3) is 11.0 Å². The summed E-state index contributed by atoms with van der Waals surface area (Å²) < 4.78 is 13.8. The number of aliphatic hydroxyl groups is 1. The highest BCUT2D eigenvalue weighted by Gasteiger charge is 2.60. The summed E-state index contributed by atoms with van der Waals surface area (Å²) in [6.45, 7) is 5.83. The Hall–Kier alpha value is -0.860. The first-order valence-electron chi connectivity index (χ1n) is 7.46. The van der Waals surface area contributed by atoms with E-state index >= 15 is 0 Å². The van der Waals surface area contributed by atoms with Crippen LogP contribution in [-0.2, 0) is 9.47 Å². The molecule has 0 aliphatic carbocycles. The summed E-state index contributed by atoms with van der Waals surface area (Å²) in [6, 6.07) is 1.91. The molecule has 1 N–H and O–H groups in total. The minimum absolute atomic E-state index is 0.0176. The van der Waals surface area contributed by atoms with E-state index in [9.17, 15) is 5.11 Å². The molecule has 2 aromatic rings. The molecule has 4 rings (SSSR count). The van der Waals surface area contributed by atoms with E-state index in [1.807, 2.05) is 37.6 Å². The highest BCUT2D eigenvalue weighted by molar-refractivity contribution is 8.01. The predicted octanol–water partition coefficient (Wildman–Crippen LogP) is 2.60. The number of fused-ring (bicyclic) bond motifs is 2. The summed E-state index contributed by atoms with van der Waals surface area (Å²) in [5.41, 5.74) is 0.761. The van der Waals surface area contributed by atoms with Crippen LogP contribution in [0.1, 0.15) is 26.1 Å². The van der Waals surface area contributed by atoms with Crippen molar-refractivity contribution in [1.82, 2.24) is 14.5 Å². The molecule has 4 atom stereocenters. The Bertz CT molecular complexity index is 768. The zero-order valence-corrected chi connectivity index (χ0v) is 14.6. The van der Waals surface area contributed by atoms with Crippen LogP contribution in [0.2, 0.25) is 5.15 Å². The van der Waals surface area contributed by atoms with Crippen molar-refractivity contribution in [2.24, 2.45) is 0 Å². The Morgan fingerprint density at radius 3 is 2.87 bits per heavy atom. The van der Waals surface area contributed by atoms with E-state index in [1.165, 1.54) is 6.33 Å². The van der Waals surface area contributed by atoms with Gasteiger partial charge < -0.3 is 19.1 Å². The Labute approximate surface area is 143 Å². The zero-order chi connectivity index (χ0) is 16.4. The van der Waals surface area contributed by atoms with Crippen molar-refractivity contribution in [3.63, 3.8) is 0 Å². The van der Waals surface area contributed by atoms with Crippen LogP contribution >= 0.6 is 23.4 Å². The average molecular weight is 356 g/mol. The lowest BCUT2D eigenvalue weighted by atomic mass is 10.0. The standard InChI is InChI=1S/C15H18ClN3O3S/c1-14(2)21-9-10(22-14)15(3,6-20)23-13(9)19-5-4-8-11(16)17-7-18-12(8)19/h4-5,7,9-10,13,20H,6H2,1-3H3/t9-,10+,13-,15-/m1/s1. The Morgan fingerprint density at radius 2 is 2.13 bits per heavy atom. The molecule has 6 nitrogen and oxygen atoms in total. The third-order valence-electron chi connectivity index (χ3n) is 4.45. The molecule has 0 unspecified atom stereocenters. The molecule has 0 amide bonds. The molecule has 0 spiro atoms. The van der Waals surface area contributed by atoms with Crippen LogP contribution in [0, 0.1) is 0 Å². The summed E-state index contributed by atoms with van der Waals surface area (Å²) in [4.78, 5) is 8.39. The van der Waals surface area contributed by atoms with Crippen LogP contribution in [0.4, 0.5) is 0 Å². The van der Waals surface area contributed by atoms with E-state index in [0.29, 0.717) is 5.15 Å². The molecule has 0 bridgehead atoms. The second kappa shape index (κ2) is 5.07. The fraction of sp³-hybridized carbons (Fsp3) is 0.600. The van der Waals surface area contributed by atoms with Crippen LogP contribution in [0.15, 0.2) is 18.6 Å². The molecular formula is C15H18ClN3O3S. The molecule has 2 saturated heterocycles. The lowest BCUT2D eigenvalue weighted by molar-refractivity contribution is -0.152. The lowest BCUT2D eigenvalue weighted by Crippen LogP contribution is -2.40. The third-order valence-corrected chi connectivity index (χ3v) is 6.39. The Balaban J connectivity index is 1.80. The Kier molecular flexibility index (Phi) is 3.45. The van der Waals surface area contributed by atoms with Gasteiger partial charge in [-0.2, -0.15) is 0 Å². The topological polar surface area (TPSA) is 69.4 Å². The Morgan fingerprint density at radius 1 is 1.35 bits per heavy atom. The summed E-state index contributed by atoms with van der Waals surface area (Å²) in [5.74, 6) is -0.666. The highest BCUT2D eigenvalue weighted by Crippen LogP contribution is 2.56. The summed E-state index contributed by atoms with van der Waals surface area (Å²) >= 11 is 7.79. The van der Waals surface area contributed by atoms with Gasteiger partial charge in [0.2, 0.25) is 0 Å². The van der Waals surface area contributed by atoms with E-state index in [-0.39, 0.29) is 24.2 Å². The molecule has 2 aromatic heterocycles. The van der Waals surface area contributed by atoms with Crippen molar-refractivity contribution in [3.8, 4) is 0 Å². The normalized spacial score (nSPS) is 35.8. The summed E-state index contributed by atoms with van der Waals surface area (Å²) in [6.07, 6.45) is 3.04. The van der Waals surface area contributed by atoms with Gasteiger partial charge in [-0.15, -0.1) is 11.8 Å². The van der Waals surface area contributed by atoms with Gasteiger partial charge in [-0.3, -0.25) is 0 Å². The molecule has 124 valence electrons. The zero-order valence-electron chi connectivity index (χ0n) is 13.1. The van der Waals surface area contributed by atoms with Crippen LogP contribution in [0.3, 0.4) is 0 Å². The molecule has 0 radical (unpaired) electrons. The monoisotopic (exact) mass is 355 g/mol. The summed E-state index contributed by atoms with van der Waals surface area (Å²) in [5, 5.41) is 11.1. The largest absolute Gasteiger partial charge is 0.395 e. The first-order valence-corrected chi connectivity index (χ1v) is 8.72. The third kappa shape index (κ3) is 2.29. The molecule has 4 heterocycles. The number of nitrogens with zero attached hydrogens (tertiary/aromatic N) is 3. The maximum atomic E-state index is 9.90. The molecular weight excluding hydrogens is 338 g/mol. The van der Waals surface area contributed by atoms with Crippen LogP contribution in [-0.4, -0.2) is 49.0 Å². The van der Waals surface area contributed by atoms with E-state index in [1.54, 1.807) is 11.8 Å². The number of halogens is 1. The number of aliphatic hydroxyl groups excluding tert-OH is 1. The number of hydrogen-bond acceptors (Lipinski definition) is 6. The number of rotatable bonds is 2. The van der Waals surface area contributed by atoms with Crippen molar-refractivity contribution in [2.45, 2.75) is 48.9 Å². The SMILES string of the molecule is CC1(C)O[C@H]2[C@H](n3ccc4c(Cl)ncnc43)S[C@](C)(CO)[C@H]2O1. The molecule has 2 fully saturated rings. The minimum Gasteiger partial charge on any atom is -0.395 e. The van der Waals surface area contributed by atoms with Crippen molar-refractivity contribution in [3.05, 3.63) is 23.7 Å². The highest BCUT2D eigenvalue weighted by atomic mass is 35.5. The van der Waals surface area contributed by atoms with Gasteiger partial charge in [-0.1, -0.05) is 11.6 Å². The maximum Gasteiger partial charge on any atom is 0.163 e. The van der Waals surface area contributed by atoms with Crippen LogP contribution < -0.4 is 0 Å². The maximum absolute atomic E-state index is 9.90. The van der Waals surface area contributed by atoms with Gasteiger partial charge in [0.05, 0.1) is 16.7 Å². The minimum atomic E-state index is -0.666. The first-order chi connectivity index (χ1) is 10.8. The first kappa shape index (κ1) is 15.7. The molecule has 0 aromatic carbocycles. The lowest BCUT2D eigenvalue weighted by Gasteiger charge is -2.29. The van der Waals surface area contributed by atoms with Gasteiger partial charge in [0.25, 0.3) is 0 Å². The molecule has 0 saturated carbocycles. The number of thioether (sulfide) groups is 1. The van der Waals surface area contributed by atoms with E-state index in [2.05, 4.69) is 9.97 Å². The predicted molar refractivity (Wildman–Crippen MR) is 88.5 cm³/mol. The number of ether oxygens (including phenoxy) is 2. The van der Waals surface area contributed by atoms with Crippen molar-refractivity contribution < 1.29 is 14.6 Å². The number of aromatic nitrogens is 3. The molecule has 2 aliphatic rings. The van der Waals surface area contributed by atoms with Gasteiger partial charge >= 0.3 is 0 Å². The van der Waals surface area contributed by atoms with Crippen LogP contribution in [0.5, 0.6) is 0 Å². The molecule has 23 heavy (non-hydrogen) atoms. The second-order valence-electron chi connectivity index (χ2n) is 6.62. The molecule has 2 aliphatic heterocycles. The smallest absolute Gasteiger partial charge is 0.163 e. The fourth-order valence-corrected chi connectivity index (χ4v) is 5.12. The summed E-state index contributed by atoms with van der Waals surface area (Å²) in [7, 11) is 0. The van der Waals surface area contributed by atoms with Crippen molar-refractivity contribution >= 4 is 34.4 Å². The van der Waals surface area contributed by atoms with Gasteiger partial charge in [-0.05, 0) is 26.8 Å². The van der Waals surface area contributed by atoms with Gasteiger partial charge in [0.1, 0.15) is 34.7 Å². The average Bonchev–Trinajstić information content (AvgIpc) is 3.12. The van der Waals surface area contributed by atoms with E-state index < -0.39 is 10.5 Å². The fourth-order valence-electron chi connectivity index (χ4n) is 3.37. The molecule has 8 heteroatoms. The second-order valence-corrected chi connectivity index (χ2v) is 8.63. The quantitative estimate of drug-likeness (QED) is 0.835. The van der Waals surface area contributed by atoms with Gasteiger partial charge in [0, 0.05) is 6.20 Å². The van der Waals surface area contributed by atoms with Crippen molar-refractivity contribution in [2.75, 3.05) is 6.61 Å². The van der Waals surface area contributed by atoms with Crippen molar-refractivity contribution in [1.29, 1.82) is 0 Å². The number of hydrogen-bond donors (Lipinski definition) is 1. The van der Waals surface area contributed by atoms with Gasteiger partial charge in [-0.25, -0.2) is 9.97 Å². The van der Waals surface area contributed by atoms with E-state index in [0.717, 1.165) is 11.0 Å².